The quantitative estimate of drug-likeness (QED) is 0.722. The Morgan fingerprint density at radius 3 is 2.70 bits per heavy atom. The number of piperidine rings is 1. The Bertz CT molecular complexity index is 913. The molecule has 1 fully saturated rings. The minimum Gasteiger partial charge on any atom is -0.363 e. The number of carbonyl (C=O) groups excluding carboxylic acids is 1. The molecule has 0 saturated carbocycles. The van der Waals surface area contributed by atoms with Crippen molar-refractivity contribution < 1.29 is 13.2 Å². The summed E-state index contributed by atoms with van der Waals surface area (Å²) in [6.07, 6.45) is 2.92. The van der Waals surface area contributed by atoms with Gasteiger partial charge in [-0.25, -0.2) is 13.4 Å². The second kappa shape index (κ2) is 8.26. The number of halogens is 1. The van der Waals surface area contributed by atoms with E-state index in [-0.39, 0.29) is 18.4 Å². The number of sulfonamides is 1. The standard InChI is InChI=1S/C17H21BrN4O3S2/c1-21(2)15-7-5-13(10-19-15)20-17(23)12-4-3-9-22(11-12)27(24,25)16-8-6-14(18)26-16/h5-8,10,12H,3-4,9,11H2,1-2H3,(H,20,23). The summed E-state index contributed by atoms with van der Waals surface area (Å²) in [5.74, 6) is 0.233. The van der Waals surface area contributed by atoms with Crippen molar-refractivity contribution in [2.45, 2.75) is 17.1 Å². The van der Waals surface area contributed by atoms with Crippen LogP contribution in [0.25, 0.3) is 0 Å². The first kappa shape index (κ1) is 20.2. The van der Waals surface area contributed by atoms with Gasteiger partial charge in [0.1, 0.15) is 10.0 Å². The van der Waals surface area contributed by atoms with Gasteiger partial charge in [0.2, 0.25) is 5.91 Å². The van der Waals surface area contributed by atoms with Crippen LogP contribution in [0, 0.1) is 5.92 Å². The van der Waals surface area contributed by atoms with Crippen molar-refractivity contribution in [3.05, 3.63) is 34.2 Å². The average Bonchev–Trinajstić information content (AvgIpc) is 3.09. The predicted molar refractivity (Wildman–Crippen MR) is 111 cm³/mol. The number of carbonyl (C=O) groups is 1. The Kier molecular flexibility index (Phi) is 6.19. The van der Waals surface area contributed by atoms with Gasteiger partial charge in [-0.15, -0.1) is 11.3 Å². The molecule has 1 atom stereocenters. The highest BCUT2D eigenvalue weighted by atomic mass is 79.9. The summed E-state index contributed by atoms with van der Waals surface area (Å²) in [6.45, 7) is 0.619. The molecule has 1 N–H and O–H groups in total. The number of nitrogens with one attached hydrogen (secondary N) is 1. The smallest absolute Gasteiger partial charge is 0.252 e. The SMILES string of the molecule is CN(C)c1ccc(NC(=O)C2CCCN(S(=O)(=O)c3ccc(Br)s3)C2)cn1. The predicted octanol–water partition coefficient (Wildman–Crippen LogP) is 3.01. The molecule has 1 aliphatic heterocycles. The summed E-state index contributed by atoms with van der Waals surface area (Å²) in [5.41, 5.74) is 0.604. The summed E-state index contributed by atoms with van der Waals surface area (Å²) in [7, 11) is 0.214. The maximum Gasteiger partial charge on any atom is 0.252 e. The van der Waals surface area contributed by atoms with Gasteiger partial charge in [-0.3, -0.25) is 4.79 Å². The van der Waals surface area contributed by atoms with Crippen LogP contribution in [0.2, 0.25) is 0 Å². The Labute approximate surface area is 171 Å². The number of thiophene rings is 1. The lowest BCUT2D eigenvalue weighted by Crippen LogP contribution is -2.43. The summed E-state index contributed by atoms with van der Waals surface area (Å²) in [4.78, 5) is 18.8. The molecule has 3 rings (SSSR count). The molecule has 3 heterocycles. The molecule has 0 aliphatic carbocycles. The van der Waals surface area contributed by atoms with Gasteiger partial charge in [-0.1, -0.05) is 0 Å². The Morgan fingerprint density at radius 1 is 1.33 bits per heavy atom. The fourth-order valence-corrected chi connectivity index (χ4v) is 6.60. The van der Waals surface area contributed by atoms with E-state index in [9.17, 15) is 13.2 Å². The van der Waals surface area contributed by atoms with Crippen LogP contribution >= 0.6 is 27.3 Å². The van der Waals surface area contributed by atoms with Gasteiger partial charge in [0.25, 0.3) is 10.0 Å². The summed E-state index contributed by atoms with van der Waals surface area (Å²) in [5, 5.41) is 2.85. The molecule has 0 aromatic carbocycles. The Balaban J connectivity index is 1.67. The molecule has 0 radical (unpaired) electrons. The maximum absolute atomic E-state index is 12.8. The number of nitrogens with zero attached hydrogens (tertiary/aromatic N) is 3. The lowest BCUT2D eigenvalue weighted by atomic mass is 9.99. The number of aromatic nitrogens is 1. The molecule has 1 aliphatic rings. The Morgan fingerprint density at radius 2 is 2.11 bits per heavy atom. The van der Waals surface area contributed by atoms with Crippen LogP contribution in [-0.2, 0) is 14.8 Å². The molecule has 146 valence electrons. The van der Waals surface area contributed by atoms with Crippen LogP contribution in [0.15, 0.2) is 38.5 Å². The van der Waals surface area contributed by atoms with Crippen molar-refractivity contribution >= 4 is 54.7 Å². The van der Waals surface area contributed by atoms with Crippen LogP contribution in [-0.4, -0.2) is 50.8 Å². The largest absolute Gasteiger partial charge is 0.363 e. The highest BCUT2D eigenvalue weighted by molar-refractivity contribution is 9.11. The molecular formula is C17H21BrN4O3S2. The number of pyridine rings is 1. The fourth-order valence-electron chi connectivity index (χ4n) is 2.91. The van der Waals surface area contributed by atoms with Gasteiger partial charge in [0.15, 0.2) is 0 Å². The van der Waals surface area contributed by atoms with E-state index in [4.69, 9.17) is 0 Å². The molecule has 2 aromatic rings. The van der Waals surface area contributed by atoms with Crippen LogP contribution in [0.3, 0.4) is 0 Å². The molecule has 1 unspecified atom stereocenters. The topological polar surface area (TPSA) is 82.6 Å². The monoisotopic (exact) mass is 472 g/mol. The van der Waals surface area contributed by atoms with Gasteiger partial charge >= 0.3 is 0 Å². The third-order valence-corrected chi connectivity index (χ3v) is 8.33. The molecule has 0 spiro atoms. The second-order valence-corrected chi connectivity index (χ2v) is 11.2. The zero-order valence-electron chi connectivity index (χ0n) is 15.1. The van der Waals surface area contributed by atoms with Crippen LogP contribution in [0.1, 0.15) is 12.8 Å². The average molecular weight is 473 g/mol. The van der Waals surface area contributed by atoms with Crippen LogP contribution < -0.4 is 10.2 Å². The molecule has 1 saturated heterocycles. The molecular weight excluding hydrogens is 452 g/mol. The van der Waals surface area contributed by atoms with Gasteiger partial charge in [-0.05, 0) is 53.0 Å². The van der Waals surface area contributed by atoms with Crippen molar-refractivity contribution in [3.8, 4) is 0 Å². The van der Waals surface area contributed by atoms with E-state index in [1.54, 1.807) is 24.4 Å². The molecule has 27 heavy (non-hydrogen) atoms. The number of hydrogen-bond acceptors (Lipinski definition) is 6. The van der Waals surface area contributed by atoms with Crippen LogP contribution in [0.5, 0.6) is 0 Å². The second-order valence-electron chi connectivity index (χ2n) is 6.55. The fraction of sp³-hybridized carbons (Fsp3) is 0.412. The van der Waals surface area contributed by atoms with E-state index >= 15 is 0 Å². The number of amides is 1. The molecule has 7 nitrogen and oxygen atoms in total. The highest BCUT2D eigenvalue weighted by Crippen LogP contribution is 2.31. The van der Waals surface area contributed by atoms with E-state index in [2.05, 4.69) is 26.2 Å². The maximum atomic E-state index is 12.8. The van der Waals surface area contributed by atoms with Gasteiger partial charge < -0.3 is 10.2 Å². The third-order valence-electron chi connectivity index (χ3n) is 4.37. The van der Waals surface area contributed by atoms with Crippen LogP contribution in [0.4, 0.5) is 11.5 Å². The van der Waals surface area contributed by atoms with E-state index in [1.807, 2.05) is 25.1 Å². The molecule has 1 amide bonds. The highest BCUT2D eigenvalue weighted by Gasteiger charge is 2.34. The molecule has 10 heteroatoms. The zero-order valence-corrected chi connectivity index (χ0v) is 18.3. The first-order chi connectivity index (χ1) is 12.8. The zero-order chi connectivity index (χ0) is 19.6. The number of hydrogen-bond donors (Lipinski definition) is 1. The normalized spacial score (nSPS) is 18.3. The van der Waals surface area contributed by atoms with E-state index in [0.717, 1.165) is 9.60 Å². The van der Waals surface area contributed by atoms with Gasteiger partial charge in [0, 0.05) is 27.2 Å². The third kappa shape index (κ3) is 4.68. The van der Waals surface area contributed by atoms with Crippen molar-refractivity contribution in [3.63, 3.8) is 0 Å². The summed E-state index contributed by atoms with van der Waals surface area (Å²) >= 11 is 4.48. The summed E-state index contributed by atoms with van der Waals surface area (Å²) in [6, 6.07) is 6.92. The number of anilines is 2. The number of rotatable bonds is 5. The molecule has 2 aromatic heterocycles. The lowest BCUT2D eigenvalue weighted by Gasteiger charge is -2.30. The van der Waals surface area contributed by atoms with E-state index < -0.39 is 10.0 Å². The minimum absolute atomic E-state index is 0.179. The summed E-state index contributed by atoms with van der Waals surface area (Å²) < 4.78 is 28.1. The van der Waals surface area contributed by atoms with Gasteiger partial charge in [0.05, 0.1) is 21.6 Å². The lowest BCUT2D eigenvalue weighted by molar-refractivity contribution is -0.120. The van der Waals surface area contributed by atoms with Gasteiger partial charge in [-0.2, -0.15) is 4.31 Å². The molecule has 0 bridgehead atoms. The van der Waals surface area contributed by atoms with Crippen molar-refractivity contribution in [2.75, 3.05) is 37.4 Å². The minimum atomic E-state index is -3.57. The van der Waals surface area contributed by atoms with E-state index in [1.165, 1.54) is 15.6 Å². The van der Waals surface area contributed by atoms with Crippen molar-refractivity contribution in [2.24, 2.45) is 5.92 Å². The first-order valence-electron chi connectivity index (χ1n) is 8.47. The first-order valence-corrected chi connectivity index (χ1v) is 11.5. The van der Waals surface area contributed by atoms with Crippen molar-refractivity contribution in [1.82, 2.24) is 9.29 Å². The Hall–Kier alpha value is -1.49. The van der Waals surface area contributed by atoms with E-state index in [0.29, 0.717) is 29.3 Å². The van der Waals surface area contributed by atoms with Crippen molar-refractivity contribution in [1.29, 1.82) is 0 Å².